The molecule has 0 rings (SSSR count). The molecule has 0 saturated heterocycles. The Balaban J connectivity index is -0.000000397. The Morgan fingerprint density at radius 2 is 0.562 bits per heavy atom. The predicted octanol–water partition coefficient (Wildman–Crippen LogP) is 8.07. The van der Waals surface area contributed by atoms with Crippen LogP contribution in [0.4, 0.5) is 0 Å². The number of carboxylic acid groups (broad SMARTS) is 3. The first-order valence-electron chi connectivity index (χ1n) is 13.0. The number of hydrogen-bond donors (Lipinski definition) is 3. The molecule has 0 atom stereocenters. The molecule has 0 aromatic carbocycles. The molecule has 0 radical (unpaired) electrons. The normalized spacial score (nSPS) is 9.84. The van der Waals surface area contributed by atoms with Crippen molar-refractivity contribution in [3.63, 3.8) is 0 Å². The molecule has 192 valence electrons. The van der Waals surface area contributed by atoms with Gasteiger partial charge in [-0.2, -0.15) is 0 Å². The van der Waals surface area contributed by atoms with E-state index in [1.165, 1.54) is 70.6 Å². The maximum atomic E-state index is 10.1. The van der Waals surface area contributed by atoms with E-state index in [0.717, 1.165) is 38.5 Å². The van der Waals surface area contributed by atoms with E-state index in [2.05, 4.69) is 20.8 Å². The molecule has 0 fully saturated rings. The van der Waals surface area contributed by atoms with Gasteiger partial charge in [0.05, 0.1) is 0 Å². The second-order valence-corrected chi connectivity index (χ2v) is 8.38. The first kappa shape index (κ1) is 35.0. The van der Waals surface area contributed by atoms with Gasteiger partial charge in [0.15, 0.2) is 0 Å². The van der Waals surface area contributed by atoms with Gasteiger partial charge >= 0.3 is 17.9 Å². The minimum Gasteiger partial charge on any atom is -0.481 e. The van der Waals surface area contributed by atoms with Crippen molar-refractivity contribution in [2.24, 2.45) is 0 Å². The Labute approximate surface area is 197 Å². The number of aliphatic carboxylic acids is 3. The second-order valence-electron chi connectivity index (χ2n) is 8.38. The molecule has 32 heavy (non-hydrogen) atoms. The standard InChI is InChI=1S/C10H20O2.2C8H16O2/c1-2-3-4-5-6-7-8-9-10(11)12;2*1-2-3-4-5-6-7-8(9)10/h2-9H2,1H3,(H,11,12);2*2-7H2,1H3,(H,9,10). The summed E-state index contributed by atoms with van der Waals surface area (Å²) in [6, 6.07) is 0. The molecule has 0 saturated carbocycles. The third kappa shape index (κ3) is 46.6. The molecule has 0 aliphatic heterocycles. The molecule has 0 aromatic heterocycles. The van der Waals surface area contributed by atoms with Gasteiger partial charge in [-0.3, -0.25) is 14.4 Å². The van der Waals surface area contributed by atoms with Crippen LogP contribution in [0, 0.1) is 0 Å². The van der Waals surface area contributed by atoms with E-state index in [1.54, 1.807) is 0 Å². The van der Waals surface area contributed by atoms with Gasteiger partial charge in [0.2, 0.25) is 0 Å². The molecule has 0 aliphatic rings. The Morgan fingerprint density at radius 3 is 0.750 bits per heavy atom. The monoisotopic (exact) mass is 460 g/mol. The Morgan fingerprint density at radius 1 is 0.375 bits per heavy atom. The van der Waals surface area contributed by atoms with E-state index in [-0.39, 0.29) is 0 Å². The molecule has 0 bridgehead atoms. The van der Waals surface area contributed by atoms with Crippen LogP contribution < -0.4 is 0 Å². The lowest BCUT2D eigenvalue weighted by atomic mass is 10.1. The maximum absolute atomic E-state index is 10.1. The van der Waals surface area contributed by atoms with Crippen LogP contribution >= 0.6 is 0 Å². The van der Waals surface area contributed by atoms with Crippen LogP contribution in [-0.2, 0) is 14.4 Å². The average molecular weight is 461 g/mol. The lowest BCUT2D eigenvalue weighted by Gasteiger charge is -1.98. The molecule has 0 heterocycles. The first-order chi connectivity index (χ1) is 15.3. The number of rotatable bonds is 20. The highest BCUT2D eigenvalue weighted by molar-refractivity contribution is 5.67. The number of hydrogen-bond acceptors (Lipinski definition) is 3. The summed E-state index contributed by atoms with van der Waals surface area (Å²) in [5.74, 6) is -2.00. The summed E-state index contributed by atoms with van der Waals surface area (Å²) < 4.78 is 0. The topological polar surface area (TPSA) is 112 Å². The van der Waals surface area contributed by atoms with Gasteiger partial charge in [-0.15, -0.1) is 0 Å². The quantitative estimate of drug-likeness (QED) is 0.158. The van der Waals surface area contributed by atoms with E-state index in [0.29, 0.717) is 19.3 Å². The second kappa shape index (κ2) is 31.6. The highest BCUT2D eigenvalue weighted by Crippen LogP contribution is 2.08. The molecule has 3 N–H and O–H groups in total. The van der Waals surface area contributed by atoms with Crippen LogP contribution in [0.25, 0.3) is 0 Å². The lowest BCUT2D eigenvalue weighted by Crippen LogP contribution is -1.93. The summed E-state index contributed by atoms with van der Waals surface area (Å²) in [5, 5.41) is 24.9. The van der Waals surface area contributed by atoms with Crippen molar-refractivity contribution < 1.29 is 29.7 Å². The van der Waals surface area contributed by atoms with Gasteiger partial charge in [0.25, 0.3) is 0 Å². The highest BCUT2D eigenvalue weighted by atomic mass is 16.4. The lowest BCUT2D eigenvalue weighted by molar-refractivity contribution is -0.138. The van der Waals surface area contributed by atoms with E-state index < -0.39 is 17.9 Å². The molecule has 0 aromatic rings. The molecule has 6 heteroatoms. The molecule has 0 aliphatic carbocycles. The number of carboxylic acids is 3. The Hall–Kier alpha value is -1.59. The van der Waals surface area contributed by atoms with E-state index in [4.69, 9.17) is 15.3 Å². The van der Waals surface area contributed by atoms with Gasteiger partial charge in [-0.05, 0) is 19.3 Å². The minimum absolute atomic E-state index is 0.337. The largest absolute Gasteiger partial charge is 0.481 e. The van der Waals surface area contributed by atoms with E-state index in [9.17, 15) is 14.4 Å². The Kier molecular flexibility index (Phi) is 34.6. The summed E-state index contributed by atoms with van der Waals surface area (Å²) in [6.07, 6.45) is 20.4. The summed E-state index contributed by atoms with van der Waals surface area (Å²) in [4.78, 5) is 30.2. The molecule has 0 unspecified atom stereocenters. The molecule has 0 spiro atoms. The summed E-state index contributed by atoms with van der Waals surface area (Å²) >= 11 is 0. The molecular formula is C26H52O6. The van der Waals surface area contributed by atoms with Crippen molar-refractivity contribution in [3.05, 3.63) is 0 Å². The van der Waals surface area contributed by atoms with Gasteiger partial charge in [-0.1, -0.05) is 111 Å². The van der Waals surface area contributed by atoms with Crippen LogP contribution in [-0.4, -0.2) is 33.2 Å². The van der Waals surface area contributed by atoms with Crippen molar-refractivity contribution in [3.8, 4) is 0 Å². The van der Waals surface area contributed by atoms with Gasteiger partial charge in [-0.25, -0.2) is 0 Å². The number of carbonyl (C=O) groups is 3. The molecule has 6 nitrogen and oxygen atoms in total. The maximum Gasteiger partial charge on any atom is 0.303 e. The third-order valence-electron chi connectivity index (χ3n) is 4.98. The van der Waals surface area contributed by atoms with Crippen molar-refractivity contribution in [2.75, 3.05) is 0 Å². The number of unbranched alkanes of at least 4 members (excludes halogenated alkanes) is 14. The third-order valence-corrected chi connectivity index (χ3v) is 4.98. The van der Waals surface area contributed by atoms with Crippen LogP contribution in [0.15, 0.2) is 0 Å². The molecule has 0 amide bonds. The average Bonchev–Trinajstić information content (AvgIpc) is 2.73. The van der Waals surface area contributed by atoms with Crippen molar-refractivity contribution >= 4 is 17.9 Å². The van der Waals surface area contributed by atoms with Crippen LogP contribution in [0.3, 0.4) is 0 Å². The van der Waals surface area contributed by atoms with Crippen LogP contribution in [0.5, 0.6) is 0 Å². The predicted molar refractivity (Wildman–Crippen MR) is 132 cm³/mol. The molecular weight excluding hydrogens is 408 g/mol. The fraction of sp³-hybridized carbons (Fsp3) is 0.885. The van der Waals surface area contributed by atoms with Crippen molar-refractivity contribution in [2.45, 2.75) is 149 Å². The van der Waals surface area contributed by atoms with Crippen molar-refractivity contribution in [1.29, 1.82) is 0 Å². The first-order valence-corrected chi connectivity index (χ1v) is 13.0. The summed E-state index contributed by atoms with van der Waals surface area (Å²) in [6.45, 7) is 6.50. The SMILES string of the molecule is CCCCCCCC(=O)O.CCCCCCCC(=O)O.CCCCCCCCCC(=O)O. The van der Waals surface area contributed by atoms with E-state index >= 15 is 0 Å². The highest BCUT2D eigenvalue weighted by Gasteiger charge is 1.96. The summed E-state index contributed by atoms with van der Waals surface area (Å²) in [5.41, 5.74) is 0. The van der Waals surface area contributed by atoms with E-state index in [1.807, 2.05) is 0 Å². The summed E-state index contributed by atoms with van der Waals surface area (Å²) in [7, 11) is 0. The van der Waals surface area contributed by atoms with Gasteiger partial charge < -0.3 is 15.3 Å². The van der Waals surface area contributed by atoms with Crippen LogP contribution in [0.2, 0.25) is 0 Å². The fourth-order valence-corrected chi connectivity index (χ4v) is 2.99. The van der Waals surface area contributed by atoms with Crippen molar-refractivity contribution in [1.82, 2.24) is 0 Å². The minimum atomic E-state index is -0.670. The zero-order chi connectivity index (χ0) is 24.9. The smallest absolute Gasteiger partial charge is 0.303 e. The zero-order valence-corrected chi connectivity index (χ0v) is 21.2. The Bertz CT molecular complexity index is 385. The zero-order valence-electron chi connectivity index (χ0n) is 21.2. The fourth-order valence-electron chi connectivity index (χ4n) is 2.99. The van der Waals surface area contributed by atoms with Gasteiger partial charge in [0, 0.05) is 19.3 Å². The van der Waals surface area contributed by atoms with Crippen LogP contribution in [0.1, 0.15) is 149 Å². The van der Waals surface area contributed by atoms with Gasteiger partial charge in [0.1, 0.15) is 0 Å².